The summed E-state index contributed by atoms with van der Waals surface area (Å²) < 4.78 is 0. The third-order valence-electron chi connectivity index (χ3n) is 5.15. The molecule has 2 atom stereocenters. The van der Waals surface area contributed by atoms with Gasteiger partial charge >= 0.3 is 0 Å². The van der Waals surface area contributed by atoms with Crippen molar-refractivity contribution in [3.63, 3.8) is 0 Å². The van der Waals surface area contributed by atoms with Crippen LogP contribution in [-0.2, 0) is 0 Å². The molecule has 3 nitrogen and oxygen atoms in total. The molecule has 3 heteroatoms. The van der Waals surface area contributed by atoms with E-state index >= 15 is 0 Å². The topological polar surface area (TPSA) is 64.1 Å². The second kappa shape index (κ2) is 8.74. The average molecular weight is 380 g/mol. The van der Waals surface area contributed by atoms with E-state index < -0.39 is 0 Å². The second-order valence-corrected chi connectivity index (χ2v) is 7.15. The summed E-state index contributed by atoms with van der Waals surface area (Å²) in [6.45, 7) is 0. The van der Waals surface area contributed by atoms with Crippen LogP contribution in [0.4, 0.5) is 11.4 Å². The number of nitrogens with two attached hydrogens (primary N) is 2. The fraction of sp³-hybridized carbons (Fsp3) is 0.0769. The lowest BCUT2D eigenvalue weighted by Gasteiger charge is -2.15. The van der Waals surface area contributed by atoms with Gasteiger partial charge in [-0.05, 0) is 46.5 Å². The van der Waals surface area contributed by atoms with Crippen molar-refractivity contribution in [1.82, 2.24) is 0 Å². The van der Waals surface area contributed by atoms with Gasteiger partial charge in [-0.3, -0.25) is 0 Å². The number of nitrogens with one attached hydrogen (secondary N) is 1. The van der Waals surface area contributed by atoms with E-state index in [1.165, 1.54) is 0 Å². The van der Waals surface area contributed by atoms with E-state index in [0.717, 1.165) is 33.6 Å². The van der Waals surface area contributed by atoms with E-state index in [1.54, 1.807) is 0 Å². The van der Waals surface area contributed by atoms with Gasteiger partial charge in [0.15, 0.2) is 0 Å². The second-order valence-electron chi connectivity index (χ2n) is 7.15. The zero-order chi connectivity index (χ0) is 20.1. The van der Waals surface area contributed by atoms with Crippen LogP contribution in [0.2, 0.25) is 0 Å². The van der Waals surface area contributed by atoms with E-state index in [-0.39, 0.29) is 12.1 Å². The van der Waals surface area contributed by atoms with Gasteiger partial charge in [-0.1, -0.05) is 84.9 Å². The lowest BCUT2D eigenvalue weighted by Crippen LogP contribution is -2.11. The van der Waals surface area contributed by atoms with Gasteiger partial charge in [0, 0.05) is 11.4 Å². The number of anilines is 2. The van der Waals surface area contributed by atoms with Crippen LogP contribution in [0, 0.1) is 0 Å². The lowest BCUT2D eigenvalue weighted by atomic mass is 9.99. The molecule has 0 radical (unpaired) electrons. The maximum Gasteiger partial charge on any atom is 0.0551 e. The maximum absolute atomic E-state index is 6.38. The summed E-state index contributed by atoms with van der Waals surface area (Å²) in [4.78, 5) is 0. The molecule has 5 N–H and O–H groups in total. The van der Waals surface area contributed by atoms with Crippen LogP contribution in [0.15, 0.2) is 109 Å². The molecular formula is C26H25N3. The van der Waals surface area contributed by atoms with E-state index in [0.29, 0.717) is 0 Å². The molecule has 29 heavy (non-hydrogen) atoms. The molecule has 0 saturated heterocycles. The Kier molecular flexibility index (Phi) is 5.71. The first-order chi connectivity index (χ1) is 14.2. The zero-order valence-corrected chi connectivity index (χ0v) is 16.2. The number of hydrogen-bond donors (Lipinski definition) is 3. The van der Waals surface area contributed by atoms with Crippen molar-refractivity contribution in [3.05, 3.63) is 131 Å². The molecule has 0 fully saturated rings. The van der Waals surface area contributed by atoms with Crippen molar-refractivity contribution in [2.75, 3.05) is 5.32 Å². The van der Waals surface area contributed by atoms with Gasteiger partial charge in [-0.2, -0.15) is 0 Å². The molecule has 0 aromatic heterocycles. The van der Waals surface area contributed by atoms with Crippen LogP contribution < -0.4 is 16.8 Å². The van der Waals surface area contributed by atoms with Crippen molar-refractivity contribution in [2.45, 2.75) is 12.1 Å². The van der Waals surface area contributed by atoms with Crippen LogP contribution in [-0.4, -0.2) is 0 Å². The molecule has 0 aliphatic carbocycles. The van der Waals surface area contributed by atoms with Gasteiger partial charge < -0.3 is 16.8 Å². The summed E-state index contributed by atoms with van der Waals surface area (Å²) in [7, 11) is 0. The van der Waals surface area contributed by atoms with Crippen molar-refractivity contribution < 1.29 is 0 Å². The summed E-state index contributed by atoms with van der Waals surface area (Å²) in [5.41, 5.74) is 19.2. The first-order valence-electron chi connectivity index (χ1n) is 9.79. The van der Waals surface area contributed by atoms with Crippen LogP contribution in [0.25, 0.3) is 0 Å². The maximum atomic E-state index is 6.38. The molecule has 0 saturated carbocycles. The standard InChI is InChI=1S/C26H25N3/c27-25(19-7-3-1-4-8-19)21-11-15-23(16-12-21)29-24-17-13-22(14-18-24)26(28)20-9-5-2-6-10-20/h1-18,25-26,29H,27-28H2. The van der Waals surface area contributed by atoms with Crippen LogP contribution in [0.3, 0.4) is 0 Å². The highest BCUT2D eigenvalue weighted by Gasteiger charge is 2.09. The normalized spacial score (nSPS) is 12.9. The number of hydrogen-bond acceptors (Lipinski definition) is 3. The summed E-state index contributed by atoms with van der Waals surface area (Å²) in [6, 6.07) is 36.5. The Morgan fingerprint density at radius 1 is 0.414 bits per heavy atom. The van der Waals surface area contributed by atoms with Crippen molar-refractivity contribution >= 4 is 11.4 Å². The minimum Gasteiger partial charge on any atom is -0.356 e. The minimum absolute atomic E-state index is 0.121. The predicted molar refractivity (Wildman–Crippen MR) is 121 cm³/mol. The van der Waals surface area contributed by atoms with Gasteiger partial charge in [0.2, 0.25) is 0 Å². The number of benzene rings is 4. The fourth-order valence-electron chi connectivity index (χ4n) is 3.42. The van der Waals surface area contributed by atoms with Crippen LogP contribution >= 0.6 is 0 Å². The van der Waals surface area contributed by atoms with Crippen molar-refractivity contribution in [1.29, 1.82) is 0 Å². The minimum atomic E-state index is -0.121. The van der Waals surface area contributed by atoms with E-state index in [4.69, 9.17) is 11.5 Å². The smallest absolute Gasteiger partial charge is 0.0551 e. The highest BCUT2D eigenvalue weighted by atomic mass is 14.9. The van der Waals surface area contributed by atoms with Crippen LogP contribution in [0.5, 0.6) is 0 Å². The van der Waals surface area contributed by atoms with Crippen LogP contribution in [0.1, 0.15) is 34.3 Å². The largest absolute Gasteiger partial charge is 0.356 e. The lowest BCUT2D eigenvalue weighted by molar-refractivity contribution is 0.871. The predicted octanol–water partition coefficient (Wildman–Crippen LogP) is 5.53. The Bertz CT molecular complexity index is 940. The molecule has 0 amide bonds. The van der Waals surface area contributed by atoms with Gasteiger partial charge in [0.1, 0.15) is 0 Å². The Balaban J connectivity index is 1.43. The van der Waals surface area contributed by atoms with Gasteiger partial charge in [0.25, 0.3) is 0 Å². The SMILES string of the molecule is NC(c1ccccc1)c1ccc(Nc2ccc(C(N)c3ccccc3)cc2)cc1. The highest BCUT2D eigenvalue weighted by Crippen LogP contribution is 2.25. The van der Waals surface area contributed by atoms with Gasteiger partial charge in [0.05, 0.1) is 12.1 Å². The summed E-state index contributed by atoms with van der Waals surface area (Å²) >= 11 is 0. The first-order valence-corrected chi connectivity index (χ1v) is 9.79. The molecule has 0 aliphatic heterocycles. The molecule has 144 valence electrons. The summed E-state index contributed by atoms with van der Waals surface area (Å²) in [5, 5.41) is 3.43. The third kappa shape index (κ3) is 4.54. The van der Waals surface area contributed by atoms with Gasteiger partial charge in [-0.15, -0.1) is 0 Å². The monoisotopic (exact) mass is 379 g/mol. The average Bonchev–Trinajstić information content (AvgIpc) is 2.80. The summed E-state index contributed by atoms with van der Waals surface area (Å²) in [5.74, 6) is 0. The third-order valence-corrected chi connectivity index (χ3v) is 5.15. The van der Waals surface area contributed by atoms with Crippen molar-refractivity contribution in [2.24, 2.45) is 11.5 Å². The van der Waals surface area contributed by atoms with Gasteiger partial charge in [-0.25, -0.2) is 0 Å². The molecule has 4 rings (SSSR count). The Morgan fingerprint density at radius 2 is 0.724 bits per heavy atom. The fourth-order valence-corrected chi connectivity index (χ4v) is 3.42. The Morgan fingerprint density at radius 3 is 1.07 bits per heavy atom. The van der Waals surface area contributed by atoms with Crippen molar-refractivity contribution in [3.8, 4) is 0 Å². The molecule has 0 heterocycles. The zero-order valence-electron chi connectivity index (χ0n) is 16.2. The first kappa shape index (κ1) is 18.9. The quantitative estimate of drug-likeness (QED) is 0.413. The molecular weight excluding hydrogens is 354 g/mol. The highest BCUT2D eigenvalue weighted by molar-refractivity contribution is 5.60. The van der Waals surface area contributed by atoms with E-state index in [1.807, 2.05) is 36.4 Å². The van der Waals surface area contributed by atoms with E-state index in [9.17, 15) is 0 Å². The van der Waals surface area contributed by atoms with E-state index in [2.05, 4.69) is 78.1 Å². The summed E-state index contributed by atoms with van der Waals surface area (Å²) in [6.07, 6.45) is 0. The Labute approximate surface area is 172 Å². The molecule has 0 bridgehead atoms. The molecule has 2 unspecified atom stereocenters. The number of rotatable bonds is 6. The molecule has 4 aromatic rings. The molecule has 4 aromatic carbocycles. The Hall–Kier alpha value is -3.40. The molecule has 0 aliphatic rings. The molecule has 0 spiro atoms.